The quantitative estimate of drug-likeness (QED) is 0.864. The Morgan fingerprint density at radius 2 is 2.23 bits per heavy atom. The number of likely N-dealkylation sites (N-methyl/N-ethyl adjacent to an activating group) is 1. The van der Waals surface area contributed by atoms with Gasteiger partial charge in [0.15, 0.2) is 11.5 Å². The van der Waals surface area contributed by atoms with Gasteiger partial charge in [0, 0.05) is 29.9 Å². The first-order valence-electron chi connectivity index (χ1n) is 8.18. The second-order valence-electron chi connectivity index (χ2n) is 7.17. The Morgan fingerprint density at radius 1 is 1.41 bits per heavy atom. The third kappa shape index (κ3) is 1.70. The number of Topliss-reactive ketones (excluding diaryl/α,β-unsaturated/α-hetero) is 1. The third-order valence-electron chi connectivity index (χ3n) is 6.27. The standard InChI is InChI=1S/C18H23NO3/c1-19-8-7-18-10-12(20)4-5-13(18)14(19)9-11-3-6-15(22-2)17(21)16(11)18/h3,6,13-14,21H,4-5,7-10H2,1-2H3/t13-,14+,18+/m1/s1. The zero-order chi connectivity index (χ0) is 15.5. The molecule has 22 heavy (non-hydrogen) atoms. The van der Waals surface area contributed by atoms with Crippen molar-refractivity contribution in [3.63, 3.8) is 0 Å². The molecule has 1 saturated heterocycles. The van der Waals surface area contributed by atoms with Crippen molar-refractivity contribution in [3.05, 3.63) is 23.3 Å². The van der Waals surface area contributed by atoms with Crippen LogP contribution in [0.2, 0.25) is 0 Å². The van der Waals surface area contributed by atoms with Crippen LogP contribution in [0.3, 0.4) is 0 Å². The van der Waals surface area contributed by atoms with E-state index < -0.39 is 0 Å². The fourth-order valence-electron chi connectivity index (χ4n) is 5.27. The monoisotopic (exact) mass is 301 g/mol. The molecule has 4 rings (SSSR count). The average molecular weight is 301 g/mol. The number of benzene rings is 1. The second-order valence-corrected chi connectivity index (χ2v) is 7.17. The Labute approximate surface area is 131 Å². The molecule has 4 nitrogen and oxygen atoms in total. The minimum atomic E-state index is -0.182. The van der Waals surface area contributed by atoms with E-state index in [1.807, 2.05) is 6.07 Å². The molecule has 4 heteroatoms. The van der Waals surface area contributed by atoms with Crippen molar-refractivity contribution in [2.45, 2.75) is 43.6 Å². The van der Waals surface area contributed by atoms with Crippen LogP contribution in [-0.2, 0) is 16.6 Å². The maximum absolute atomic E-state index is 12.2. The lowest BCUT2D eigenvalue weighted by Crippen LogP contribution is -2.60. The minimum absolute atomic E-state index is 0.182. The van der Waals surface area contributed by atoms with Gasteiger partial charge < -0.3 is 14.7 Å². The largest absolute Gasteiger partial charge is 0.504 e. The van der Waals surface area contributed by atoms with Crippen LogP contribution in [0.1, 0.15) is 36.8 Å². The van der Waals surface area contributed by atoms with Crippen molar-refractivity contribution in [2.75, 3.05) is 20.7 Å². The zero-order valence-electron chi connectivity index (χ0n) is 13.3. The maximum Gasteiger partial charge on any atom is 0.161 e. The van der Waals surface area contributed by atoms with Gasteiger partial charge in [-0.15, -0.1) is 0 Å². The molecule has 1 saturated carbocycles. The molecule has 0 amide bonds. The number of ketones is 1. The number of likely N-dealkylation sites (tertiary alicyclic amines) is 1. The SMILES string of the molecule is COc1ccc2c(c1O)[C@]13CCN(C)[C@@H](C2)[C@H]1CCC(=O)C3. The number of carbonyl (C=O) groups excluding carboxylic acids is 1. The van der Waals surface area contributed by atoms with Gasteiger partial charge in [-0.1, -0.05) is 6.07 Å². The molecule has 1 aromatic rings. The van der Waals surface area contributed by atoms with Crippen molar-refractivity contribution in [1.29, 1.82) is 0 Å². The van der Waals surface area contributed by atoms with E-state index in [0.717, 1.165) is 31.4 Å². The number of hydrogen-bond acceptors (Lipinski definition) is 4. The Morgan fingerprint density at radius 3 is 3.00 bits per heavy atom. The van der Waals surface area contributed by atoms with E-state index in [1.165, 1.54) is 5.56 Å². The van der Waals surface area contributed by atoms with Crippen molar-refractivity contribution in [2.24, 2.45) is 5.92 Å². The number of rotatable bonds is 1. The predicted molar refractivity (Wildman–Crippen MR) is 83.4 cm³/mol. The number of hydrogen-bond donors (Lipinski definition) is 1. The summed E-state index contributed by atoms with van der Waals surface area (Å²) in [7, 11) is 3.78. The van der Waals surface area contributed by atoms with E-state index in [0.29, 0.717) is 36.3 Å². The molecule has 1 N–H and O–H groups in total. The first-order chi connectivity index (χ1) is 10.6. The lowest BCUT2D eigenvalue weighted by Gasteiger charge is -2.58. The van der Waals surface area contributed by atoms with Crippen molar-refractivity contribution in [3.8, 4) is 11.5 Å². The van der Waals surface area contributed by atoms with Gasteiger partial charge in [0.05, 0.1) is 7.11 Å². The summed E-state index contributed by atoms with van der Waals surface area (Å²) >= 11 is 0. The number of nitrogens with zero attached hydrogens (tertiary/aromatic N) is 1. The lowest BCUT2D eigenvalue weighted by atomic mass is 9.52. The Kier molecular flexibility index (Phi) is 3.02. The molecule has 0 radical (unpaired) electrons. The van der Waals surface area contributed by atoms with Gasteiger partial charge in [-0.2, -0.15) is 0 Å². The number of piperidine rings is 1. The molecule has 1 aliphatic heterocycles. The highest BCUT2D eigenvalue weighted by Crippen LogP contribution is 2.58. The number of phenols is 1. The summed E-state index contributed by atoms with van der Waals surface area (Å²) in [5.41, 5.74) is 2.02. The Balaban J connectivity index is 1.95. The number of aromatic hydroxyl groups is 1. The number of ether oxygens (including phenoxy) is 1. The number of carbonyl (C=O) groups is 1. The van der Waals surface area contributed by atoms with E-state index in [9.17, 15) is 9.90 Å². The Hall–Kier alpha value is -1.55. The fourth-order valence-corrected chi connectivity index (χ4v) is 5.27. The molecule has 2 fully saturated rings. The minimum Gasteiger partial charge on any atom is -0.504 e. The molecule has 1 aromatic carbocycles. The summed E-state index contributed by atoms with van der Waals surface area (Å²) in [5, 5.41) is 10.8. The first kappa shape index (κ1) is 14.1. The van der Waals surface area contributed by atoms with Crippen molar-refractivity contribution >= 4 is 5.78 Å². The smallest absolute Gasteiger partial charge is 0.161 e. The normalized spacial score (nSPS) is 34.0. The van der Waals surface area contributed by atoms with Crippen molar-refractivity contribution < 1.29 is 14.6 Å². The zero-order valence-corrected chi connectivity index (χ0v) is 13.3. The summed E-state index contributed by atoms with van der Waals surface area (Å²) in [6, 6.07) is 4.42. The molecule has 2 aliphatic carbocycles. The van der Waals surface area contributed by atoms with Crippen LogP contribution in [0.5, 0.6) is 11.5 Å². The van der Waals surface area contributed by atoms with Gasteiger partial charge in [-0.3, -0.25) is 4.79 Å². The van der Waals surface area contributed by atoms with Crippen LogP contribution < -0.4 is 4.74 Å². The molecule has 2 bridgehead atoms. The third-order valence-corrected chi connectivity index (χ3v) is 6.27. The molecule has 0 aromatic heterocycles. The second kappa shape index (κ2) is 4.72. The predicted octanol–water partition coefficient (Wildman–Crippen LogP) is 2.27. The molecule has 1 heterocycles. The van der Waals surface area contributed by atoms with Gasteiger partial charge in [-0.05, 0) is 50.4 Å². The highest BCUT2D eigenvalue weighted by Gasteiger charge is 2.56. The van der Waals surface area contributed by atoms with Gasteiger partial charge in [0.25, 0.3) is 0 Å². The van der Waals surface area contributed by atoms with E-state index in [1.54, 1.807) is 7.11 Å². The summed E-state index contributed by atoms with van der Waals surface area (Å²) < 4.78 is 5.33. The highest BCUT2D eigenvalue weighted by atomic mass is 16.5. The van der Waals surface area contributed by atoms with Gasteiger partial charge >= 0.3 is 0 Å². The van der Waals surface area contributed by atoms with Crippen LogP contribution in [0.15, 0.2) is 12.1 Å². The average Bonchev–Trinajstić information content (AvgIpc) is 2.50. The molecular formula is C18H23NO3. The fraction of sp³-hybridized carbons (Fsp3) is 0.611. The van der Waals surface area contributed by atoms with Gasteiger partial charge in [0.1, 0.15) is 5.78 Å². The van der Waals surface area contributed by atoms with E-state index in [2.05, 4.69) is 18.0 Å². The summed E-state index contributed by atoms with van der Waals surface area (Å²) in [6.07, 6.45) is 4.13. The molecule has 3 aliphatic rings. The molecule has 118 valence electrons. The topological polar surface area (TPSA) is 49.8 Å². The molecule has 0 spiro atoms. The first-order valence-corrected chi connectivity index (χ1v) is 8.18. The van der Waals surface area contributed by atoms with Gasteiger partial charge in [0.2, 0.25) is 0 Å². The van der Waals surface area contributed by atoms with Crippen LogP contribution >= 0.6 is 0 Å². The van der Waals surface area contributed by atoms with Crippen LogP contribution in [-0.4, -0.2) is 42.5 Å². The van der Waals surface area contributed by atoms with Crippen LogP contribution in [0, 0.1) is 5.92 Å². The summed E-state index contributed by atoms with van der Waals surface area (Å²) in [5.74, 6) is 1.61. The maximum atomic E-state index is 12.2. The lowest BCUT2D eigenvalue weighted by molar-refractivity contribution is -0.126. The van der Waals surface area contributed by atoms with E-state index >= 15 is 0 Å². The number of methoxy groups -OCH3 is 1. The van der Waals surface area contributed by atoms with Crippen molar-refractivity contribution in [1.82, 2.24) is 4.90 Å². The van der Waals surface area contributed by atoms with Crippen LogP contribution in [0.25, 0.3) is 0 Å². The molecular weight excluding hydrogens is 278 g/mol. The van der Waals surface area contributed by atoms with Gasteiger partial charge in [-0.25, -0.2) is 0 Å². The molecule has 0 unspecified atom stereocenters. The summed E-state index contributed by atoms with van der Waals surface area (Å²) in [4.78, 5) is 14.7. The Bertz CT molecular complexity index is 641. The highest BCUT2D eigenvalue weighted by molar-refractivity contribution is 5.82. The molecule has 3 atom stereocenters. The van der Waals surface area contributed by atoms with E-state index in [4.69, 9.17) is 4.74 Å². The number of phenolic OH excluding ortho intramolecular Hbond substituents is 1. The number of fused-ring (bicyclic) bond motifs is 1. The van der Waals surface area contributed by atoms with E-state index in [-0.39, 0.29) is 11.2 Å². The summed E-state index contributed by atoms with van der Waals surface area (Å²) in [6.45, 7) is 0.991. The van der Waals surface area contributed by atoms with Crippen LogP contribution in [0.4, 0.5) is 0 Å².